The first-order valence-electron chi connectivity index (χ1n) is 11.5. The minimum absolute atomic E-state index is 0. The van der Waals surface area contributed by atoms with E-state index < -0.39 is 0 Å². The summed E-state index contributed by atoms with van der Waals surface area (Å²) in [7, 11) is 1.68. The van der Waals surface area contributed by atoms with Gasteiger partial charge < -0.3 is 24.5 Å². The molecule has 0 amide bonds. The number of methoxy groups -OCH3 is 1. The molecule has 1 heterocycles. The second-order valence-electron chi connectivity index (χ2n) is 8.28. The highest BCUT2D eigenvalue weighted by atomic mass is 127. The minimum Gasteiger partial charge on any atom is -0.497 e. The summed E-state index contributed by atoms with van der Waals surface area (Å²) >= 11 is 0. The van der Waals surface area contributed by atoms with Gasteiger partial charge in [-0.05, 0) is 61.4 Å². The molecule has 1 fully saturated rings. The van der Waals surface area contributed by atoms with Crippen LogP contribution in [-0.2, 0) is 17.7 Å². The quantitative estimate of drug-likeness (QED) is 0.164. The molecule has 7 heteroatoms. The standard InChI is InChI=1S/C25H37N3O3.HI/c1-3-30-18-15-25(13-4-5-14-25)20-28-24(26-16-12-23-7-6-17-31-23)27-19-21-8-10-22(29-2)11-9-21;/h6-11,17H,3-5,12-16,18-20H2,1-2H3,(H2,26,27,28);1H. The van der Waals surface area contributed by atoms with E-state index in [1.54, 1.807) is 13.4 Å². The van der Waals surface area contributed by atoms with Crippen LogP contribution in [0, 0.1) is 5.41 Å². The molecule has 0 unspecified atom stereocenters. The van der Waals surface area contributed by atoms with Crippen molar-refractivity contribution in [1.82, 2.24) is 10.6 Å². The molecule has 0 aliphatic heterocycles. The van der Waals surface area contributed by atoms with Crippen molar-refractivity contribution in [2.24, 2.45) is 10.4 Å². The van der Waals surface area contributed by atoms with Crippen LogP contribution < -0.4 is 15.4 Å². The lowest BCUT2D eigenvalue weighted by atomic mass is 9.83. The first-order valence-corrected chi connectivity index (χ1v) is 11.5. The third-order valence-electron chi connectivity index (χ3n) is 6.10. The number of rotatable bonds is 12. The molecule has 0 atom stereocenters. The normalized spacial score (nSPS) is 15.2. The molecular formula is C25H38IN3O3. The maximum Gasteiger partial charge on any atom is 0.191 e. The van der Waals surface area contributed by atoms with Crippen LogP contribution in [0.3, 0.4) is 0 Å². The van der Waals surface area contributed by atoms with Crippen molar-refractivity contribution in [2.45, 2.75) is 52.0 Å². The van der Waals surface area contributed by atoms with Gasteiger partial charge in [0.1, 0.15) is 11.5 Å². The van der Waals surface area contributed by atoms with Gasteiger partial charge in [-0.15, -0.1) is 24.0 Å². The fourth-order valence-electron chi connectivity index (χ4n) is 4.18. The van der Waals surface area contributed by atoms with E-state index >= 15 is 0 Å². The van der Waals surface area contributed by atoms with Crippen molar-refractivity contribution in [3.63, 3.8) is 0 Å². The smallest absolute Gasteiger partial charge is 0.191 e. The first kappa shape index (κ1) is 26.5. The van der Waals surface area contributed by atoms with Gasteiger partial charge in [0.15, 0.2) is 5.96 Å². The van der Waals surface area contributed by atoms with Crippen molar-refractivity contribution in [1.29, 1.82) is 0 Å². The van der Waals surface area contributed by atoms with E-state index in [9.17, 15) is 0 Å². The van der Waals surface area contributed by atoms with Gasteiger partial charge in [-0.2, -0.15) is 0 Å². The molecule has 1 aromatic carbocycles. The number of guanidine groups is 1. The van der Waals surface area contributed by atoms with E-state index in [0.717, 1.165) is 62.2 Å². The molecule has 0 radical (unpaired) electrons. The zero-order valence-electron chi connectivity index (χ0n) is 19.4. The molecule has 3 rings (SSSR count). The van der Waals surface area contributed by atoms with Crippen LogP contribution in [0.15, 0.2) is 52.1 Å². The molecule has 32 heavy (non-hydrogen) atoms. The van der Waals surface area contributed by atoms with Crippen LogP contribution in [0.2, 0.25) is 0 Å². The second kappa shape index (κ2) is 14.4. The Labute approximate surface area is 209 Å². The number of ether oxygens (including phenoxy) is 2. The van der Waals surface area contributed by atoms with Crippen LogP contribution >= 0.6 is 24.0 Å². The molecule has 1 aliphatic rings. The Hall–Kier alpha value is -1.74. The molecule has 1 aromatic heterocycles. The van der Waals surface area contributed by atoms with E-state index in [1.165, 1.54) is 25.7 Å². The van der Waals surface area contributed by atoms with Crippen molar-refractivity contribution < 1.29 is 13.9 Å². The third-order valence-corrected chi connectivity index (χ3v) is 6.10. The summed E-state index contributed by atoms with van der Waals surface area (Å²) in [6, 6.07) is 12.0. The van der Waals surface area contributed by atoms with Crippen LogP contribution in [0.4, 0.5) is 0 Å². The van der Waals surface area contributed by atoms with E-state index in [0.29, 0.717) is 12.0 Å². The highest BCUT2D eigenvalue weighted by Crippen LogP contribution is 2.40. The van der Waals surface area contributed by atoms with E-state index in [1.807, 2.05) is 24.3 Å². The van der Waals surface area contributed by atoms with Crippen LogP contribution in [0.1, 0.15) is 50.4 Å². The van der Waals surface area contributed by atoms with E-state index in [-0.39, 0.29) is 24.0 Å². The lowest BCUT2D eigenvalue weighted by Gasteiger charge is -2.30. The number of aliphatic imine (C=N–C) groups is 1. The molecule has 2 N–H and O–H groups in total. The van der Waals surface area contributed by atoms with Gasteiger partial charge in [0.05, 0.1) is 19.9 Å². The number of hydrogen-bond acceptors (Lipinski definition) is 4. The molecule has 2 aromatic rings. The summed E-state index contributed by atoms with van der Waals surface area (Å²) < 4.78 is 16.4. The van der Waals surface area contributed by atoms with Gasteiger partial charge in [-0.1, -0.05) is 25.0 Å². The van der Waals surface area contributed by atoms with Gasteiger partial charge in [0.25, 0.3) is 0 Å². The monoisotopic (exact) mass is 555 g/mol. The molecule has 1 saturated carbocycles. The minimum atomic E-state index is 0. The highest BCUT2D eigenvalue weighted by molar-refractivity contribution is 14.0. The van der Waals surface area contributed by atoms with Gasteiger partial charge in [-0.25, -0.2) is 4.99 Å². The Morgan fingerprint density at radius 2 is 1.91 bits per heavy atom. The number of nitrogens with zero attached hydrogens (tertiary/aromatic N) is 1. The van der Waals surface area contributed by atoms with Crippen LogP contribution in [-0.4, -0.2) is 39.4 Å². The fraction of sp³-hybridized carbons (Fsp3) is 0.560. The predicted molar refractivity (Wildman–Crippen MR) is 140 cm³/mol. The van der Waals surface area contributed by atoms with Crippen LogP contribution in [0.25, 0.3) is 0 Å². The number of hydrogen-bond donors (Lipinski definition) is 2. The van der Waals surface area contributed by atoms with Crippen molar-refractivity contribution in [2.75, 3.05) is 33.4 Å². The predicted octanol–water partition coefficient (Wildman–Crippen LogP) is 5.17. The summed E-state index contributed by atoms with van der Waals surface area (Å²) in [6.45, 7) is 6.00. The first-order chi connectivity index (χ1) is 15.2. The Morgan fingerprint density at radius 3 is 2.56 bits per heavy atom. The summed E-state index contributed by atoms with van der Waals surface area (Å²) in [5.74, 6) is 2.69. The Kier molecular flexibility index (Phi) is 11.9. The average molecular weight is 556 g/mol. The largest absolute Gasteiger partial charge is 0.497 e. The van der Waals surface area contributed by atoms with E-state index in [2.05, 4.69) is 29.7 Å². The molecule has 178 valence electrons. The van der Waals surface area contributed by atoms with Crippen molar-refractivity contribution >= 4 is 29.9 Å². The SMILES string of the molecule is CCOCCC1(CNC(=NCc2ccc(OC)cc2)NCCc2ccco2)CCCC1.I. The Morgan fingerprint density at radius 1 is 1.12 bits per heavy atom. The lowest BCUT2D eigenvalue weighted by molar-refractivity contribution is 0.105. The zero-order chi connectivity index (χ0) is 21.8. The molecular weight excluding hydrogens is 517 g/mol. The average Bonchev–Trinajstić information content (AvgIpc) is 3.49. The van der Waals surface area contributed by atoms with Gasteiger partial charge in [0.2, 0.25) is 0 Å². The van der Waals surface area contributed by atoms with Gasteiger partial charge in [-0.3, -0.25) is 0 Å². The number of benzene rings is 1. The summed E-state index contributed by atoms with van der Waals surface area (Å²) in [6.07, 6.45) is 8.76. The maximum absolute atomic E-state index is 5.66. The zero-order valence-corrected chi connectivity index (χ0v) is 21.7. The Bertz CT molecular complexity index is 772. The molecule has 0 spiro atoms. The summed E-state index contributed by atoms with van der Waals surface area (Å²) in [4.78, 5) is 4.85. The number of nitrogens with one attached hydrogen (secondary N) is 2. The van der Waals surface area contributed by atoms with Crippen molar-refractivity contribution in [3.8, 4) is 5.75 Å². The lowest BCUT2D eigenvalue weighted by Crippen LogP contribution is -2.44. The number of halogens is 1. The second-order valence-corrected chi connectivity index (χ2v) is 8.28. The van der Waals surface area contributed by atoms with Crippen LogP contribution in [0.5, 0.6) is 5.75 Å². The third kappa shape index (κ3) is 8.65. The maximum atomic E-state index is 5.66. The molecule has 0 bridgehead atoms. The van der Waals surface area contributed by atoms with E-state index in [4.69, 9.17) is 18.9 Å². The molecule has 0 saturated heterocycles. The molecule has 6 nitrogen and oxygen atoms in total. The topological polar surface area (TPSA) is 68.0 Å². The van der Waals surface area contributed by atoms with Gasteiger partial charge in [0, 0.05) is 32.7 Å². The Balaban J connectivity index is 0.00000363. The highest BCUT2D eigenvalue weighted by Gasteiger charge is 2.33. The molecule has 1 aliphatic carbocycles. The number of furan rings is 1. The van der Waals surface area contributed by atoms with Gasteiger partial charge >= 0.3 is 0 Å². The van der Waals surface area contributed by atoms with Crippen molar-refractivity contribution in [3.05, 3.63) is 54.0 Å². The summed E-state index contributed by atoms with van der Waals surface area (Å²) in [5, 5.41) is 7.11. The summed E-state index contributed by atoms with van der Waals surface area (Å²) in [5.41, 5.74) is 1.46. The fourth-order valence-corrected chi connectivity index (χ4v) is 4.18.